The molecule has 2 heterocycles. The van der Waals surface area contributed by atoms with Gasteiger partial charge in [0.15, 0.2) is 0 Å². The largest absolute Gasteiger partial charge is 0.397 e. The molecule has 1 atom stereocenters. The lowest BCUT2D eigenvalue weighted by molar-refractivity contribution is 0.0940. The highest BCUT2D eigenvalue weighted by Crippen LogP contribution is 2.16. The third-order valence-corrected chi connectivity index (χ3v) is 3.22. The standard InChI is InChI=1S/C11H12N4OS/c1-7(11-14-4-5-17-11)15-10(16)8-2-3-13-6-9(8)12/h2-7H,12H2,1H3,(H,15,16). The lowest BCUT2D eigenvalue weighted by Crippen LogP contribution is -2.27. The normalized spacial score (nSPS) is 12.1. The van der Waals surface area contributed by atoms with Crippen LogP contribution in [0.3, 0.4) is 0 Å². The van der Waals surface area contributed by atoms with Gasteiger partial charge in [0, 0.05) is 17.8 Å². The maximum absolute atomic E-state index is 11.9. The summed E-state index contributed by atoms with van der Waals surface area (Å²) in [6.07, 6.45) is 4.71. The van der Waals surface area contributed by atoms with Gasteiger partial charge in [-0.15, -0.1) is 11.3 Å². The van der Waals surface area contributed by atoms with Gasteiger partial charge in [0.1, 0.15) is 5.01 Å². The van der Waals surface area contributed by atoms with Gasteiger partial charge < -0.3 is 11.1 Å². The Balaban J connectivity index is 2.10. The summed E-state index contributed by atoms with van der Waals surface area (Å²) in [7, 11) is 0. The van der Waals surface area contributed by atoms with Crippen LogP contribution in [-0.2, 0) is 0 Å². The second-order valence-electron chi connectivity index (χ2n) is 3.53. The van der Waals surface area contributed by atoms with Gasteiger partial charge in [0.2, 0.25) is 0 Å². The number of carbonyl (C=O) groups excluding carboxylic acids is 1. The van der Waals surface area contributed by atoms with Crippen LogP contribution in [0.4, 0.5) is 5.69 Å². The van der Waals surface area contributed by atoms with E-state index >= 15 is 0 Å². The molecule has 3 N–H and O–H groups in total. The van der Waals surface area contributed by atoms with E-state index in [1.54, 1.807) is 18.5 Å². The topological polar surface area (TPSA) is 80.9 Å². The molecular weight excluding hydrogens is 236 g/mol. The predicted octanol–water partition coefficient (Wildman–Crippen LogP) is 1.61. The Morgan fingerprint density at radius 1 is 1.53 bits per heavy atom. The number of hydrogen-bond acceptors (Lipinski definition) is 5. The van der Waals surface area contributed by atoms with Gasteiger partial charge in [-0.3, -0.25) is 9.78 Å². The first-order valence-electron chi connectivity index (χ1n) is 5.08. The van der Waals surface area contributed by atoms with Gasteiger partial charge >= 0.3 is 0 Å². The van der Waals surface area contributed by atoms with Crippen LogP contribution in [0.15, 0.2) is 30.0 Å². The number of hydrogen-bond donors (Lipinski definition) is 2. The van der Waals surface area contributed by atoms with E-state index in [-0.39, 0.29) is 11.9 Å². The van der Waals surface area contributed by atoms with Crippen molar-refractivity contribution < 1.29 is 4.79 Å². The molecule has 0 spiro atoms. The molecule has 2 aromatic rings. The van der Waals surface area contributed by atoms with Gasteiger partial charge in [-0.1, -0.05) is 0 Å². The van der Waals surface area contributed by atoms with E-state index in [1.165, 1.54) is 17.5 Å². The average molecular weight is 248 g/mol. The zero-order valence-electron chi connectivity index (χ0n) is 9.25. The van der Waals surface area contributed by atoms with E-state index in [0.29, 0.717) is 11.3 Å². The number of nitrogens with one attached hydrogen (secondary N) is 1. The van der Waals surface area contributed by atoms with Crippen molar-refractivity contribution in [3.8, 4) is 0 Å². The Morgan fingerprint density at radius 3 is 3.00 bits per heavy atom. The maximum atomic E-state index is 11.9. The van der Waals surface area contributed by atoms with Gasteiger partial charge in [-0.05, 0) is 13.0 Å². The molecular formula is C11H12N4OS. The quantitative estimate of drug-likeness (QED) is 0.864. The summed E-state index contributed by atoms with van der Waals surface area (Å²) in [6, 6.07) is 1.47. The molecule has 0 aliphatic heterocycles. The number of nitrogens with two attached hydrogens (primary N) is 1. The predicted molar refractivity (Wildman–Crippen MR) is 66.6 cm³/mol. The SMILES string of the molecule is CC(NC(=O)c1ccncc1N)c1nccs1. The van der Waals surface area contributed by atoms with Gasteiger partial charge in [0.25, 0.3) is 5.91 Å². The lowest BCUT2D eigenvalue weighted by Gasteiger charge is -2.12. The van der Waals surface area contributed by atoms with Gasteiger partial charge in [0.05, 0.1) is 23.5 Å². The highest BCUT2D eigenvalue weighted by molar-refractivity contribution is 7.09. The number of carbonyl (C=O) groups is 1. The highest BCUT2D eigenvalue weighted by atomic mass is 32.1. The Morgan fingerprint density at radius 2 is 2.35 bits per heavy atom. The van der Waals surface area contributed by atoms with E-state index in [9.17, 15) is 4.79 Å². The van der Waals surface area contributed by atoms with Crippen molar-refractivity contribution in [2.24, 2.45) is 0 Å². The van der Waals surface area contributed by atoms with Crippen molar-refractivity contribution in [3.05, 3.63) is 40.6 Å². The monoisotopic (exact) mass is 248 g/mol. The van der Waals surface area contributed by atoms with E-state index < -0.39 is 0 Å². The van der Waals surface area contributed by atoms with Crippen LogP contribution >= 0.6 is 11.3 Å². The summed E-state index contributed by atoms with van der Waals surface area (Å²) in [6.45, 7) is 1.88. The molecule has 0 fully saturated rings. The van der Waals surface area contributed by atoms with E-state index in [0.717, 1.165) is 5.01 Å². The second kappa shape index (κ2) is 4.92. The zero-order chi connectivity index (χ0) is 12.3. The number of nitrogens with zero attached hydrogens (tertiary/aromatic N) is 2. The Kier molecular flexibility index (Phi) is 3.34. The molecule has 6 heteroatoms. The first kappa shape index (κ1) is 11.5. The molecule has 0 aliphatic carbocycles. The minimum absolute atomic E-state index is 0.130. The van der Waals surface area contributed by atoms with E-state index in [1.807, 2.05) is 12.3 Å². The number of nitrogen functional groups attached to an aromatic ring is 1. The highest BCUT2D eigenvalue weighted by Gasteiger charge is 2.14. The van der Waals surface area contributed by atoms with Crippen LogP contribution in [0.2, 0.25) is 0 Å². The van der Waals surface area contributed by atoms with Gasteiger partial charge in [-0.2, -0.15) is 0 Å². The molecule has 0 saturated heterocycles. The van der Waals surface area contributed by atoms with Crippen LogP contribution in [0.25, 0.3) is 0 Å². The summed E-state index contributed by atoms with van der Waals surface area (Å²) >= 11 is 1.50. The third-order valence-electron chi connectivity index (χ3n) is 2.27. The summed E-state index contributed by atoms with van der Waals surface area (Å²) in [5, 5.41) is 5.58. The number of anilines is 1. The first-order chi connectivity index (χ1) is 8.18. The Labute approximate surface area is 103 Å². The molecule has 1 amide bonds. The molecule has 0 aliphatic rings. The molecule has 0 radical (unpaired) electrons. The summed E-state index contributed by atoms with van der Waals surface area (Å²) < 4.78 is 0. The minimum Gasteiger partial charge on any atom is -0.397 e. The van der Waals surface area contributed by atoms with Crippen molar-refractivity contribution in [1.29, 1.82) is 0 Å². The fourth-order valence-electron chi connectivity index (χ4n) is 1.40. The molecule has 0 saturated carbocycles. The number of aromatic nitrogens is 2. The number of rotatable bonds is 3. The number of pyridine rings is 1. The maximum Gasteiger partial charge on any atom is 0.254 e. The van der Waals surface area contributed by atoms with Gasteiger partial charge in [-0.25, -0.2) is 4.98 Å². The molecule has 17 heavy (non-hydrogen) atoms. The average Bonchev–Trinajstić information content (AvgIpc) is 2.82. The first-order valence-corrected chi connectivity index (χ1v) is 5.96. The Bertz CT molecular complexity index is 512. The van der Waals surface area contributed by atoms with Crippen LogP contribution in [0.5, 0.6) is 0 Å². The lowest BCUT2D eigenvalue weighted by atomic mass is 10.2. The molecule has 5 nitrogen and oxygen atoms in total. The molecule has 0 aromatic carbocycles. The van der Waals surface area contributed by atoms with Crippen molar-refractivity contribution in [2.45, 2.75) is 13.0 Å². The molecule has 0 bridgehead atoms. The number of thiazole rings is 1. The zero-order valence-corrected chi connectivity index (χ0v) is 10.1. The smallest absolute Gasteiger partial charge is 0.254 e. The van der Waals surface area contributed by atoms with Crippen LogP contribution in [0, 0.1) is 0 Å². The molecule has 2 rings (SSSR count). The summed E-state index contributed by atoms with van der Waals surface area (Å²) in [4.78, 5) is 19.9. The third kappa shape index (κ3) is 2.59. The summed E-state index contributed by atoms with van der Waals surface area (Å²) in [5.74, 6) is -0.215. The van der Waals surface area contributed by atoms with Crippen molar-refractivity contribution in [1.82, 2.24) is 15.3 Å². The minimum atomic E-state index is -0.215. The Hall–Kier alpha value is -1.95. The van der Waals surface area contributed by atoms with Crippen LogP contribution < -0.4 is 11.1 Å². The second-order valence-corrected chi connectivity index (χ2v) is 4.45. The summed E-state index contributed by atoms with van der Waals surface area (Å²) in [5.41, 5.74) is 6.48. The molecule has 1 unspecified atom stereocenters. The van der Waals surface area contributed by atoms with Crippen molar-refractivity contribution in [3.63, 3.8) is 0 Å². The van der Waals surface area contributed by atoms with Crippen LogP contribution in [0.1, 0.15) is 28.3 Å². The van der Waals surface area contributed by atoms with Crippen molar-refractivity contribution >= 4 is 22.9 Å². The fourth-order valence-corrected chi connectivity index (χ4v) is 2.04. The van der Waals surface area contributed by atoms with E-state index in [4.69, 9.17) is 5.73 Å². The van der Waals surface area contributed by atoms with Crippen molar-refractivity contribution in [2.75, 3.05) is 5.73 Å². The fraction of sp³-hybridized carbons (Fsp3) is 0.182. The van der Waals surface area contributed by atoms with Crippen LogP contribution in [-0.4, -0.2) is 15.9 Å². The molecule has 2 aromatic heterocycles. The van der Waals surface area contributed by atoms with E-state index in [2.05, 4.69) is 15.3 Å². The molecule has 88 valence electrons. The number of amides is 1.